The van der Waals surface area contributed by atoms with Gasteiger partial charge in [0.2, 0.25) is 0 Å². The van der Waals surface area contributed by atoms with Crippen LogP contribution in [0.3, 0.4) is 0 Å². The van der Waals surface area contributed by atoms with Gasteiger partial charge in [-0.3, -0.25) is 0 Å². The van der Waals surface area contributed by atoms with E-state index in [0.717, 1.165) is 34.1 Å². The number of ether oxygens (including phenoxy) is 2. The number of halogens is 4. The fraction of sp³-hybridized carbons (Fsp3) is 0.250. The van der Waals surface area contributed by atoms with Crippen molar-refractivity contribution in [2.75, 3.05) is 13.2 Å². The van der Waals surface area contributed by atoms with Gasteiger partial charge >= 0.3 is 0 Å². The predicted molar refractivity (Wildman–Crippen MR) is 128 cm³/mol. The van der Waals surface area contributed by atoms with Gasteiger partial charge in [-0.25, -0.2) is 4.39 Å². The summed E-state index contributed by atoms with van der Waals surface area (Å²) in [6.07, 6.45) is 0.796. The third kappa shape index (κ3) is 7.11. The molecule has 0 saturated heterocycles. The van der Waals surface area contributed by atoms with Crippen molar-refractivity contribution in [2.24, 2.45) is 0 Å². The second kappa shape index (κ2) is 11.7. The maximum Gasteiger partial charge on any atom is 0.162 e. The first-order valence-electron chi connectivity index (χ1n) is 9.93. The lowest BCUT2D eigenvalue weighted by molar-refractivity contribution is 0.268. The van der Waals surface area contributed by atoms with Crippen LogP contribution < -0.4 is 14.8 Å². The maximum absolute atomic E-state index is 13.1. The molecule has 0 spiro atoms. The molecule has 3 nitrogen and oxygen atoms in total. The molecule has 0 aliphatic carbocycles. The molecule has 0 radical (unpaired) electrons. The summed E-state index contributed by atoms with van der Waals surface area (Å²) in [5.41, 5.74) is 2.99. The van der Waals surface area contributed by atoms with Crippen LogP contribution in [0.2, 0.25) is 10.0 Å². The van der Waals surface area contributed by atoms with Crippen LogP contribution in [-0.4, -0.2) is 13.2 Å². The molecule has 164 valence electrons. The van der Waals surface area contributed by atoms with Crippen molar-refractivity contribution < 1.29 is 13.9 Å². The van der Waals surface area contributed by atoms with E-state index in [2.05, 4.69) is 21.2 Å². The second-order valence-electron chi connectivity index (χ2n) is 6.90. The molecule has 3 aromatic carbocycles. The fourth-order valence-corrected chi connectivity index (χ4v) is 3.97. The monoisotopic (exact) mass is 525 g/mol. The first-order valence-corrected chi connectivity index (χ1v) is 11.5. The lowest BCUT2D eigenvalue weighted by Gasteiger charge is -2.16. The Morgan fingerprint density at radius 2 is 1.68 bits per heavy atom. The molecule has 3 rings (SSSR count). The molecule has 0 bridgehead atoms. The molecule has 31 heavy (non-hydrogen) atoms. The van der Waals surface area contributed by atoms with Crippen molar-refractivity contribution in [2.45, 2.75) is 26.5 Å². The molecule has 0 aromatic heterocycles. The second-order valence-corrected chi connectivity index (χ2v) is 8.60. The number of nitrogens with one attached hydrogen (secondary N) is 1. The highest BCUT2D eigenvalue weighted by Crippen LogP contribution is 2.34. The first kappa shape index (κ1) is 23.9. The molecule has 0 fully saturated rings. The van der Waals surface area contributed by atoms with Crippen molar-refractivity contribution in [3.8, 4) is 11.5 Å². The number of hydrogen-bond acceptors (Lipinski definition) is 3. The Hall–Kier alpha value is -1.79. The van der Waals surface area contributed by atoms with Gasteiger partial charge in [-0.2, -0.15) is 0 Å². The molecule has 0 aliphatic heterocycles. The highest BCUT2D eigenvalue weighted by atomic mass is 79.9. The highest BCUT2D eigenvalue weighted by molar-refractivity contribution is 9.10. The summed E-state index contributed by atoms with van der Waals surface area (Å²) in [6.45, 7) is 4.20. The normalized spacial score (nSPS) is 10.9. The minimum absolute atomic E-state index is 0.267. The van der Waals surface area contributed by atoms with Crippen molar-refractivity contribution in [1.82, 2.24) is 5.32 Å². The zero-order valence-electron chi connectivity index (χ0n) is 17.1. The van der Waals surface area contributed by atoms with Gasteiger partial charge in [0.05, 0.1) is 6.61 Å². The quantitative estimate of drug-likeness (QED) is 0.283. The van der Waals surface area contributed by atoms with Gasteiger partial charge in [-0.15, -0.1) is 0 Å². The SMILES string of the molecule is CCOc1cc(CNCCc2ccc(Cl)cc2Cl)c(Br)cc1OCc1ccc(F)cc1. The van der Waals surface area contributed by atoms with Crippen LogP contribution in [-0.2, 0) is 19.6 Å². The predicted octanol–water partition coefficient (Wildman–Crippen LogP) is 7.21. The van der Waals surface area contributed by atoms with E-state index in [-0.39, 0.29) is 5.82 Å². The molecule has 3 aromatic rings. The lowest BCUT2D eigenvalue weighted by Crippen LogP contribution is -2.17. The Labute approximate surface area is 200 Å². The molecular formula is C24H23BrCl2FNO2. The van der Waals surface area contributed by atoms with E-state index in [9.17, 15) is 4.39 Å². The van der Waals surface area contributed by atoms with Crippen molar-refractivity contribution in [3.63, 3.8) is 0 Å². The van der Waals surface area contributed by atoms with Crippen LogP contribution in [0, 0.1) is 5.82 Å². The van der Waals surface area contributed by atoms with Crippen LogP contribution >= 0.6 is 39.1 Å². The summed E-state index contributed by atoms with van der Waals surface area (Å²) in [5.74, 6) is 1.04. The average molecular weight is 527 g/mol. The van der Waals surface area contributed by atoms with Crippen LogP contribution in [0.15, 0.2) is 59.1 Å². The third-order valence-corrected chi connectivity index (χ3v) is 5.95. The van der Waals surface area contributed by atoms with Crippen LogP contribution in [0.4, 0.5) is 4.39 Å². The van der Waals surface area contributed by atoms with E-state index >= 15 is 0 Å². The number of hydrogen-bond donors (Lipinski definition) is 1. The minimum atomic E-state index is -0.267. The van der Waals surface area contributed by atoms with E-state index in [1.807, 2.05) is 31.2 Å². The average Bonchev–Trinajstić information content (AvgIpc) is 2.74. The van der Waals surface area contributed by atoms with Gasteiger partial charge in [0, 0.05) is 21.1 Å². The van der Waals surface area contributed by atoms with E-state index in [4.69, 9.17) is 32.7 Å². The Bertz CT molecular complexity index is 1020. The molecule has 7 heteroatoms. The molecule has 0 saturated carbocycles. The summed E-state index contributed by atoms with van der Waals surface area (Å²) in [6, 6.07) is 15.7. The van der Waals surface area contributed by atoms with E-state index in [1.54, 1.807) is 18.2 Å². The van der Waals surface area contributed by atoms with Crippen LogP contribution in [0.25, 0.3) is 0 Å². The number of benzene rings is 3. The molecule has 0 unspecified atom stereocenters. The molecule has 0 amide bonds. The summed E-state index contributed by atoms with van der Waals surface area (Å²) >= 11 is 15.8. The first-order chi connectivity index (χ1) is 15.0. The fourth-order valence-electron chi connectivity index (χ4n) is 3.01. The van der Waals surface area contributed by atoms with Crippen molar-refractivity contribution >= 4 is 39.1 Å². The standard InChI is InChI=1S/C24H23BrCl2FNO2/c1-2-30-23-11-18(14-29-10-9-17-5-6-19(26)12-22(17)27)21(25)13-24(23)31-15-16-3-7-20(28)8-4-16/h3-8,11-13,29H,2,9-10,14-15H2,1H3. The molecule has 0 heterocycles. The zero-order valence-corrected chi connectivity index (χ0v) is 20.2. The van der Waals surface area contributed by atoms with E-state index in [1.165, 1.54) is 12.1 Å². The zero-order chi connectivity index (χ0) is 22.2. The van der Waals surface area contributed by atoms with Crippen molar-refractivity contribution in [3.05, 3.63) is 91.6 Å². The Morgan fingerprint density at radius 1 is 0.935 bits per heavy atom. The van der Waals surface area contributed by atoms with Crippen molar-refractivity contribution in [1.29, 1.82) is 0 Å². The molecular weight excluding hydrogens is 504 g/mol. The minimum Gasteiger partial charge on any atom is -0.490 e. The summed E-state index contributed by atoms with van der Waals surface area (Å²) in [4.78, 5) is 0. The molecule has 0 aliphatic rings. The summed E-state index contributed by atoms with van der Waals surface area (Å²) < 4.78 is 25.7. The Morgan fingerprint density at radius 3 is 2.39 bits per heavy atom. The van der Waals surface area contributed by atoms with Crippen LogP contribution in [0.5, 0.6) is 11.5 Å². The highest BCUT2D eigenvalue weighted by Gasteiger charge is 2.12. The van der Waals surface area contributed by atoms with E-state index in [0.29, 0.717) is 41.3 Å². The molecule has 1 N–H and O–H groups in total. The van der Waals surface area contributed by atoms with E-state index < -0.39 is 0 Å². The van der Waals surface area contributed by atoms with Gasteiger partial charge in [0.15, 0.2) is 11.5 Å². The Kier molecular flexibility index (Phi) is 9.02. The van der Waals surface area contributed by atoms with Gasteiger partial charge in [0.1, 0.15) is 12.4 Å². The lowest BCUT2D eigenvalue weighted by atomic mass is 10.1. The topological polar surface area (TPSA) is 30.5 Å². The smallest absolute Gasteiger partial charge is 0.162 e. The largest absolute Gasteiger partial charge is 0.490 e. The van der Waals surface area contributed by atoms with Gasteiger partial charge in [0.25, 0.3) is 0 Å². The summed E-state index contributed by atoms with van der Waals surface area (Å²) in [5, 5.41) is 4.74. The van der Waals surface area contributed by atoms with Gasteiger partial charge in [-0.05, 0) is 73.0 Å². The number of rotatable bonds is 10. The molecule has 0 atom stereocenters. The Balaban J connectivity index is 1.61. The summed E-state index contributed by atoms with van der Waals surface area (Å²) in [7, 11) is 0. The maximum atomic E-state index is 13.1. The van der Waals surface area contributed by atoms with Gasteiger partial charge < -0.3 is 14.8 Å². The third-order valence-electron chi connectivity index (χ3n) is 4.62. The van der Waals surface area contributed by atoms with Gasteiger partial charge in [-0.1, -0.05) is 57.3 Å². The van der Waals surface area contributed by atoms with Crippen LogP contribution in [0.1, 0.15) is 23.6 Å².